The predicted octanol–water partition coefficient (Wildman–Crippen LogP) is 3.70. The molecule has 0 bridgehead atoms. The summed E-state index contributed by atoms with van der Waals surface area (Å²) >= 11 is 3.43. The highest BCUT2D eigenvalue weighted by molar-refractivity contribution is 9.10. The second kappa shape index (κ2) is 4.57. The fourth-order valence-electron chi connectivity index (χ4n) is 2.16. The number of benzene rings is 1. The first kappa shape index (κ1) is 13.4. The van der Waals surface area contributed by atoms with Gasteiger partial charge in [-0.25, -0.2) is 0 Å². The van der Waals surface area contributed by atoms with Crippen molar-refractivity contribution in [1.29, 1.82) is 0 Å². The lowest BCUT2D eigenvalue weighted by Gasteiger charge is -2.12. The van der Waals surface area contributed by atoms with Gasteiger partial charge in [-0.1, -0.05) is 13.8 Å². The molecule has 1 unspecified atom stereocenters. The number of carbonyl (C=O) groups is 1. The van der Waals surface area contributed by atoms with Crippen LogP contribution < -0.4 is 9.47 Å². The van der Waals surface area contributed by atoms with Gasteiger partial charge in [-0.2, -0.15) is 0 Å². The zero-order chi connectivity index (χ0) is 13.5. The summed E-state index contributed by atoms with van der Waals surface area (Å²) in [5, 5.41) is 0. The molecule has 0 N–H and O–H groups in total. The molecule has 1 aliphatic rings. The lowest BCUT2D eigenvalue weighted by molar-refractivity contribution is 0.0949. The van der Waals surface area contributed by atoms with E-state index in [0.717, 1.165) is 10.9 Å². The van der Waals surface area contributed by atoms with E-state index in [1.54, 1.807) is 26.4 Å². The summed E-state index contributed by atoms with van der Waals surface area (Å²) in [7, 11) is 3.16. The standard InChI is InChI=1S/C14H17BrO3/c1-14(2)7-9(14)13(16)12-10(15)5-8(17-3)6-11(12)18-4/h5-6,9H,7H2,1-4H3. The van der Waals surface area contributed by atoms with E-state index in [2.05, 4.69) is 29.8 Å². The first-order valence-electron chi connectivity index (χ1n) is 5.86. The first-order chi connectivity index (χ1) is 8.40. The molecule has 1 fully saturated rings. The second-order valence-corrected chi connectivity index (χ2v) is 6.15. The molecule has 1 aliphatic carbocycles. The Bertz CT molecular complexity index is 494. The zero-order valence-corrected chi connectivity index (χ0v) is 12.6. The highest BCUT2D eigenvalue weighted by Gasteiger charge is 2.51. The normalized spacial score (nSPS) is 20.4. The van der Waals surface area contributed by atoms with Crippen LogP contribution in [0, 0.1) is 11.3 Å². The van der Waals surface area contributed by atoms with E-state index in [-0.39, 0.29) is 17.1 Å². The molecule has 1 aromatic rings. The molecule has 0 amide bonds. The maximum absolute atomic E-state index is 12.5. The van der Waals surface area contributed by atoms with E-state index in [1.165, 1.54) is 0 Å². The third-order valence-electron chi connectivity index (χ3n) is 3.56. The summed E-state index contributed by atoms with van der Waals surface area (Å²) in [6.45, 7) is 4.22. The minimum Gasteiger partial charge on any atom is -0.497 e. The van der Waals surface area contributed by atoms with Crippen LogP contribution in [0.1, 0.15) is 30.6 Å². The smallest absolute Gasteiger partial charge is 0.171 e. The molecule has 0 aromatic heterocycles. The predicted molar refractivity (Wildman–Crippen MR) is 73.5 cm³/mol. The molecule has 18 heavy (non-hydrogen) atoms. The van der Waals surface area contributed by atoms with Crippen LogP contribution in [0.3, 0.4) is 0 Å². The molecular weight excluding hydrogens is 296 g/mol. The van der Waals surface area contributed by atoms with Crippen LogP contribution in [0.5, 0.6) is 11.5 Å². The fraction of sp³-hybridized carbons (Fsp3) is 0.500. The van der Waals surface area contributed by atoms with E-state index in [0.29, 0.717) is 17.1 Å². The van der Waals surface area contributed by atoms with Crippen molar-refractivity contribution >= 4 is 21.7 Å². The van der Waals surface area contributed by atoms with Gasteiger partial charge in [0.25, 0.3) is 0 Å². The van der Waals surface area contributed by atoms with Crippen molar-refractivity contribution in [2.45, 2.75) is 20.3 Å². The van der Waals surface area contributed by atoms with Crippen molar-refractivity contribution in [3.8, 4) is 11.5 Å². The minimum atomic E-state index is 0.0936. The Morgan fingerprint density at radius 3 is 2.39 bits per heavy atom. The monoisotopic (exact) mass is 312 g/mol. The second-order valence-electron chi connectivity index (χ2n) is 5.30. The minimum absolute atomic E-state index is 0.0936. The molecule has 0 aliphatic heterocycles. The van der Waals surface area contributed by atoms with Gasteiger partial charge < -0.3 is 9.47 Å². The van der Waals surface area contributed by atoms with Crippen LogP contribution in [0.2, 0.25) is 0 Å². The molecule has 1 atom stereocenters. The Kier molecular flexibility index (Phi) is 3.41. The number of Topliss-reactive ketones (excluding diaryl/α,β-unsaturated/α-hetero) is 1. The largest absolute Gasteiger partial charge is 0.497 e. The SMILES string of the molecule is COc1cc(Br)c(C(=O)C2CC2(C)C)c(OC)c1. The highest BCUT2D eigenvalue weighted by atomic mass is 79.9. The van der Waals surface area contributed by atoms with Gasteiger partial charge in [0.05, 0.1) is 19.8 Å². The van der Waals surface area contributed by atoms with Crippen molar-refractivity contribution in [2.75, 3.05) is 14.2 Å². The highest BCUT2D eigenvalue weighted by Crippen LogP contribution is 2.54. The molecule has 3 nitrogen and oxygen atoms in total. The van der Waals surface area contributed by atoms with Crippen molar-refractivity contribution in [2.24, 2.45) is 11.3 Å². The van der Waals surface area contributed by atoms with Crippen LogP contribution in [-0.2, 0) is 0 Å². The molecule has 0 heterocycles. The van der Waals surface area contributed by atoms with Crippen molar-refractivity contribution in [3.05, 3.63) is 22.2 Å². The van der Waals surface area contributed by atoms with E-state index in [1.807, 2.05) is 0 Å². The number of halogens is 1. The van der Waals surface area contributed by atoms with Gasteiger partial charge in [0.1, 0.15) is 11.5 Å². The lowest BCUT2D eigenvalue weighted by atomic mass is 10.0. The number of ether oxygens (including phenoxy) is 2. The van der Waals surface area contributed by atoms with E-state index < -0.39 is 0 Å². The molecule has 4 heteroatoms. The van der Waals surface area contributed by atoms with Gasteiger partial charge in [0.15, 0.2) is 5.78 Å². The average Bonchev–Trinajstić information content (AvgIpc) is 2.96. The van der Waals surface area contributed by atoms with Crippen LogP contribution in [0.4, 0.5) is 0 Å². The Labute approximate surface area is 116 Å². The number of ketones is 1. The molecule has 98 valence electrons. The van der Waals surface area contributed by atoms with Crippen LogP contribution in [0.15, 0.2) is 16.6 Å². The third kappa shape index (κ3) is 2.26. The van der Waals surface area contributed by atoms with Gasteiger partial charge in [-0.05, 0) is 33.8 Å². The van der Waals surface area contributed by atoms with Crippen molar-refractivity contribution in [1.82, 2.24) is 0 Å². The quantitative estimate of drug-likeness (QED) is 0.795. The number of rotatable bonds is 4. The summed E-state index contributed by atoms with van der Waals surface area (Å²) in [5.41, 5.74) is 0.732. The number of methoxy groups -OCH3 is 2. The number of hydrogen-bond donors (Lipinski definition) is 0. The Hall–Kier alpha value is -1.03. The number of hydrogen-bond acceptors (Lipinski definition) is 3. The Morgan fingerprint density at radius 1 is 1.33 bits per heavy atom. The molecule has 2 rings (SSSR count). The summed E-state index contributed by atoms with van der Waals surface area (Å²) in [6.07, 6.45) is 0.938. The Morgan fingerprint density at radius 2 is 1.94 bits per heavy atom. The molecule has 0 radical (unpaired) electrons. The van der Waals surface area contributed by atoms with Gasteiger partial charge >= 0.3 is 0 Å². The zero-order valence-electron chi connectivity index (χ0n) is 11.0. The molecule has 1 saturated carbocycles. The van der Waals surface area contributed by atoms with Crippen LogP contribution in [0.25, 0.3) is 0 Å². The molecule has 0 spiro atoms. The summed E-state index contributed by atoms with van der Waals surface area (Å²) < 4.78 is 11.2. The molecule has 0 saturated heterocycles. The molecular formula is C14H17BrO3. The third-order valence-corrected chi connectivity index (χ3v) is 4.18. The maximum atomic E-state index is 12.5. The van der Waals surface area contributed by atoms with E-state index >= 15 is 0 Å². The van der Waals surface area contributed by atoms with Crippen molar-refractivity contribution in [3.63, 3.8) is 0 Å². The number of carbonyl (C=O) groups excluding carboxylic acids is 1. The van der Waals surface area contributed by atoms with Gasteiger partial charge in [-0.3, -0.25) is 4.79 Å². The fourth-order valence-corrected chi connectivity index (χ4v) is 2.78. The summed E-state index contributed by atoms with van der Waals surface area (Å²) in [4.78, 5) is 12.5. The van der Waals surface area contributed by atoms with Gasteiger partial charge in [0.2, 0.25) is 0 Å². The van der Waals surface area contributed by atoms with Crippen LogP contribution >= 0.6 is 15.9 Å². The van der Waals surface area contributed by atoms with Gasteiger partial charge in [0, 0.05) is 16.5 Å². The van der Waals surface area contributed by atoms with Crippen LogP contribution in [-0.4, -0.2) is 20.0 Å². The Balaban J connectivity index is 2.41. The van der Waals surface area contributed by atoms with Crippen molar-refractivity contribution < 1.29 is 14.3 Å². The average molecular weight is 313 g/mol. The molecule has 1 aromatic carbocycles. The summed E-state index contributed by atoms with van der Waals surface area (Å²) in [6, 6.07) is 3.54. The lowest BCUT2D eigenvalue weighted by Crippen LogP contribution is -2.09. The van der Waals surface area contributed by atoms with E-state index in [4.69, 9.17) is 9.47 Å². The summed E-state index contributed by atoms with van der Waals surface area (Å²) in [5.74, 6) is 1.47. The van der Waals surface area contributed by atoms with Gasteiger partial charge in [-0.15, -0.1) is 0 Å². The maximum Gasteiger partial charge on any atom is 0.171 e. The van der Waals surface area contributed by atoms with E-state index in [9.17, 15) is 4.79 Å². The topological polar surface area (TPSA) is 35.5 Å². The first-order valence-corrected chi connectivity index (χ1v) is 6.65.